The first-order valence-corrected chi connectivity index (χ1v) is 7.17. The van der Waals surface area contributed by atoms with Crippen LogP contribution in [0.5, 0.6) is 0 Å². The summed E-state index contributed by atoms with van der Waals surface area (Å²) >= 11 is 0. The van der Waals surface area contributed by atoms with E-state index >= 15 is 0 Å². The third kappa shape index (κ3) is 4.93. The van der Waals surface area contributed by atoms with E-state index in [0.717, 1.165) is 32.6 Å². The minimum atomic E-state index is -2.78. The molecule has 0 aromatic heterocycles. The van der Waals surface area contributed by atoms with E-state index in [1.54, 1.807) is 0 Å². The normalized spacial score (nSPS) is 25.1. The topological polar surface area (TPSA) is 49.4 Å². The number of rotatable bonds is 4. The van der Waals surface area contributed by atoms with E-state index < -0.39 is 9.84 Å². The summed E-state index contributed by atoms with van der Waals surface area (Å²) in [7, 11) is -2.78. The van der Waals surface area contributed by atoms with Crippen molar-refractivity contribution in [3.8, 4) is 0 Å². The van der Waals surface area contributed by atoms with E-state index in [1.807, 2.05) is 0 Å². The fourth-order valence-electron chi connectivity index (χ4n) is 1.77. The van der Waals surface area contributed by atoms with Crippen LogP contribution in [0.2, 0.25) is 0 Å². The van der Waals surface area contributed by atoms with Gasteiger partial charge in [0.05, 0.1) is 5.75 Å². The van der Waals surface area contributed by atoms with E-state index in [9.17, 15) is 8.42 Å². The zero-order valence-electron chi connectivity index (χ0n) is 8.99. The van der Waals surface area contributed by atoms with Crippen LogP contribution in [-0.2, 0) is 9.84 Å². The van der Waals surface area contributed by atoms with E-state index in [-0.39, 0.29) is 0 Å². The van der Waals surface area contributed by atoms with Gasteiger partial charge in [-0.05, 0) is 19.9 Å². The highest BCUT2D eigenvalue weighted by Crippen LogP contribution is 2.00. The summed E-state index contributed by atoms with van der Waals surface area (Å²) in [5.41, 5.74) is 0. The highest BCUT2D eigenvalue weighted by atomic mass is 32.2. The Balaban J connectivity index is 2.18. The first-order valence-electron chi connectivity index (χ1n) is 5.11. The lowest BCUT2D eigenvalue weighted by molar-refractivity contribution is 0.208. The van der Waals surface area contributed by atoms with Gasteiger partial charge >= 0.3 is 0 Å². The average molecular weight is 220 g/mol. The Bertz CT molecular complexity index is 264. The summed E-state index contributed by atoms with van der Waals surface area (Å²) in [6.07, 6.45) is 2.05. The molecule has 84 valence electrons. The van der Waals surface area contributed by atoms with E-state index in [4.69, 9.17) is 0 Å². The van der Waals surface area contributed by atoms with Crippen molar-refractivity contribution in [2.45, 2.75) is 19.4 Å². The smallest absolute Gasteiger partial charge is 0.147 e. The molecule has 14 heavy (non-hydrogen) atoms. The molecule has 5 heteroatoms. The molecule has 0 bridgehead atoms. The van der Waals surface area contributed by atoms with Crippen molar-refractivity contribution >= 4 is 9.84 Å². The highest BCUT2D eigenvalue weighted by Gasteiger charge is 2.15. The molecule has 1 aliphatic rings. The Hall–Kier alpha value is -0.130. The second-order valence-electron chi connectivity index (χ2n) is 4.14. The molecule has 1 atom stereocenters. The van der Waals surface area contributed by atoms with E-state index in [1.165, 1.54) is 6.26 Å². The summed E-state index contributed by atoms with van der Waals surface area (Å²) in [5.74, 6) is 0.311. The lowest BCUT2D eigenvalue weighted by atomic mass is 10.2. The number of nitrogens with zero attached hydrogens (tertiary/aromatic N) is 1. The predicted octanol–water partition coefficient (Wildman–Crippen LogP) is -0.285. The minimum Gasteiger partial charge on any atom is -0.312 e. The van der Waals surface area contributed by atoms with Crippen molar-refractivity contribution in [2.24, 2.45) is 0 Å². The van der Waals surface area contributed by atoms with E-state index in [0.29, 0.717) is 11.8 Å². The van der Waals surface area contributed by atoms with Gasteiger partial charge in [0.25, 0.3) is 0 Å². The van der Waals surface area contributed by atoms with Gasteiger partial charge in [0.15, 0.2) is 0 Å². The molecule has 0 aliphatic carbocycles. The first-order chi connectivity index (χ1) is 6.47. The quantitative estimate of drug-likeness (QED) is 0.707. The van der Waals surface area contributed by atoms with Crippen LogP contribution in [0.15, 0.2) is 0 Å². The van der Waals surface area contributed by atoms with Crippen molar-refractivity contribution in [2.75, 3.05) is 38.2 Å². The molecule has 0 spiro atoms. The van der Waals surface area contributed by atoms with Gasteiger partial charge in [-0.2, -0.15) is 0 Å². The van der Waals surface area contributed by atoms with Gasteiger partial charge in [0.2, 0.25) is 0 Å². The number of hydrogen-bond donors (Lipinski definition) is 1. The molecule has 0 unspecified atom stereocenters. The summed E-state index contributed by atoms with van der Waals surface area (Å²) in [4.78, 5) is 2.33. The molecular weight excluding hydrogens is 200 g/mol. The van der Waals surface area contributed by atoms with Crippen LogP contribution >= 0.6 is 0 Å². The zero-order chi connectivity index (χ0) is 10.6. The zero-order valence-corrected chi connectivity index (χ0v) is 9.81. The predicted molar refractivity (Wildman–Crippen MR) is 58.2 cm³/mol. The van der Waals surface area contributed by atoms with Gasteiger partial charge in [-0.3, -0.25) is 0 Å². The lowest BCUT2D eigenvalue weighted by Crippen LogP contribution is -2.49. The third-order valence-electron chi connectivity index (χ3n) is 2.44. The molecule has 1 fully saturated rings. The van der Waals surface area contributed by atoms with Gasteiger partial charge in [-0.15, -0.1) is 0 Å². The fourth-order valence-corrected chi connectivity index (χ4v) is 2.42. The van der Waals surface area contributed by atoms with Crippen LogP contribution in [0.1, 0.15) is 13.3 Å². The summed E-state index contributed by atoms with van der Waals surface area (Å²) in [5, 5.41) is 3.36. The van der Waals surface area contributed by atoms with Gasteiger partial charge in [0.1, 0.15) is 9.84 Å². The Kier molecular flexibility index (Phi) is 4.34. The Labute approximate surface area is 86.6 Å². The third-order valence-corrected chi connectivity index (χ3v) is 3.47. The maximum Gasteiger partial charge on any atom is 0.147 e. The second kappa shape index (κ2) is 5.09. The molecule has 1 heterocycles. The van der Waals surface area contributed by atoms with Crippen LogP contribution in [0, 0.1) is 0 Å². The fraction of sp³-hybridized carbons (Fsp3) is 1.00. The summed E-state index contributed by atoms with van der Waals surface area (Å²) < 4.78 is 21.8. The Morgan fingerprint density at radius 1 is 1.50 bits per heavy atom. The molecule has 0 aromatic carbocycles. The van der Waals surface area contributed by atoms with Crippen LogP contribution in [0.3, 0.4) is 0 Å². The Morgan fingerprint density at radius 3 is 2.79 bits per heavy atom. The second-order valence-corrected chi connectivity index (χ2v) is 6.40. The van der Waals surface area contributed by atoms with Crippen LogP contribution < -0.4 is 5.32 Å². The Morgan fingerprint density at radius 2 is 2.21 bits per heavy atom. The van der Waals surface area contributed by atoms with Crippen LogP contribution in [-0.4, -0.2) is 57.5 Å². The van der Waals surface area contributed by atoms with E-state index in [2.05, 4.69) is 17.1 Å². The molecule has 0 amide bonds. The van der Waals surface area contributed by atoms with Gasteiger partial charge in [-0.25, -0.2) is 8.42 Å². The number of piperazine rings is 1. The monoisotopic (exact) mass is 220 g/mol. The lowest BCUT2D eigenvalue weighted by Gasteiger charge is -2.31. The molecule has 0 saturated carbocycles. The molecule has 0 radical (unpaired) electrons. The molecular formula is C9H20N2O2S. The number of sulfone groups is 1. The SMILES string of the molecule is C[C@@H]1CN(CCCS(C)(=O)=O)CCN1. The van der Waals surface area contributed by atoms with Crippen molar-refractivity contribution in [3.63, 3.8) is 0 Å². The largest absolute Gasteiger partial charge is 0.312 e. The molecule has 4 nitrogen and oxygen atoms in total. The average Bonchev–Trinajstić information content (AvgIpc) is 2.01. The molecule has 0 aromatic rings. The van der Waals surface area contributed by atoms with Crippen LogP contribution in [0.25, 0.3) is 0 Å². The van der Waals surface area contributed by atoms with Crippen molar-refractivity contribution in [3.05, 3.63) is 0 Å². The first kappa shape index (κ1) is 11.9. The van der Waals surface area contributed by atoms with Gasteiger partial charge in [-0.1, -0.05) is 0 Å². The molecule has 1 aliphatic heterocycles. The standard InChI is InChI=1S/C9H20N2O2S/c1-9-8-11(6-4-10-9)5-3-7-14(2,12)13/h9-10H,3-8H2,1-2H3/t9-/m1/s1. The number of hydrogen-bond acceptors (Lipinski definition) is 4. The van der Waals surface area contributed by atoms with Crippen molar-refractivity contribution < 1.29 is 8.42 Å². The number of nitrogens with one attached hydrogen (secondary N) is 1. The maximum absolute atomic E-state index is 10.9. The summed E-state index contributed by atoms with van der Waals surface area (Å²) in [6.45, 7) is 6.14. The maximum atomic E-state index is 10.9. The molecule has 1 saturated heterocycles. The van der Waals surface area contributed by atoms with Crippen LogP contribution in [0.4, 0.5) is 0 Å². The van der Waals surface area contributed by atoms with Gasteiger partial charge in [0, 0.05) is 31.9 Å². The molecule has 1 N–H and O–H groups in total. The van der Waals surface area contributed by atoms with Gasteiger partial charge < -0.3 is 10.2 Å². The van der Waals surface area contributed by atoms with Crippen molar-refractivity contribution in [1.82, 2.24) is 10.2 Å². The van der Waals surface area contributed by atoms with Crippen molar-refractivity contribution in [1.29, 1.82) is 0 Å². The highest BCUT2D eigenvalue weighted by molar-refractivity contribution is 7.90. The minimum absolute atomic E-state index is 0.311. The summed E-state index contributed by atoms with van der Waals surface area (Å²) in [6, 6.07) is 0.530. The molecule has 1 rings (SSSR count).